The molecular weight excluding hydrogens is 580 g/mol. The van der Waals surface area contributed by atoms with Crippen LogP contribution in [0.4, 0.5) is 11.4 Å². The van der Waals surface area contributed by atoms with Gasteiger partial charge in [0.2, 0.25) is 11.8 Å². The van der Waals surface area contributed by atoms with Crippen molar-refractivity contribution in [3.63, 3.8) is 0 Å². The minimum atomic E-state index is -0.563. The quantitative estimate of drug-likeness (QED) is 0.131. The van der Waals surface area contributed by atoms with Gasteiger partial charge < -0.3 is 31.2 Å². The first kappa shape index (κ1) is 31.4. The third kappa shape index (κ3) is 8.73. The van der Waals surface area contributed by atoms with Crippen molar-refractivity contribution in [2.45, 2.75) is 4.90 Å². The third-order valence-corrected chi connectivity index (χ3v) is 7.18. The summed E-state index contributed by atoms with van der Waals surface area (Å²) < 4.78 is 10.7. The van der Waals surface area contributed by atoms with Crippen molar-refractivity contribution in [3.05, 3.63) is 119 Å². The summed E-state index contributed by atoms with van der Waals surface area (Å²) in [6.07, 6.45) is 1.52. The van der Waals surface area contributed by atoms with Crippen molar-refractivity contribution in [2.24, 2.45) is 5.73 Å². The molecule has 4 amide bonds. The lowest BCUT2D eigenvalue weighted by Gasteiger charge is -2.13. The van der Waals surface area contributed by atoms with Gasteiger partial charge in [0.1, 0.15) is 17.2 Å². The Hall–Kier alpha value is -5.55. The van der Waals surface area contributed by atoms with Crippen LogP contribution in [0.3, 0.4) is 0 Å². The maximum atomic E-state index is 13.5. The number of carbonyl (C=O) groups is 4. The number of nitrogens with one attached hydrogen (secondary N) is 3. The van der Waals surface area contributed by atoms with E-state index in [0.717, 1.165) is 4.90 Å². The summed E-state index contributed by atoms with van der Waals surface area (Å²) in [6, 6.07) is 26.9. The maximum Gasteiger partial charge on any atom is 0.272 e. The Morgan fingerprint density at radius 2 is 1.52 bits per heavy atom. The molecule has 0 atom stereocenters. The van der Waals surface area contributed by atoms with Gasteiger partial charge in [0.15, 0.2) is 0 Å². The summed E-state index contributed by atoms with van der Waals surface area (Å²) in [4.78, 5) is 50.9. The van der Waals surface area contributed by atoms with E-state index in [1.807, 2.05) is 6.07 Å². The van der Waals surface area contributed by atoms with Gasteiger partial charge in [-0.15, -0.1) is 11.8 Å². The highest BCUT2D eigenvalue weighted by Gasteiger charge is 2.17. The van der Waals surface area contributed by atoms with Gasteiger partial charge in [-0.1, -0.05) is 24.3 Å². The van der Waals surface area contributed by atoms with E-state index in [2.05, 4.69) is 16.0 Å². The molecule has 0 unspecified atom stereocenters. The number of thioether (sulfide) groups is 1. The average molecular weight is 611 g/mol. The van der Waals surface area contributed by atoms with Gasteiger partial charge in [-0.3, -0.25) is 19.2 Å². The van der Waals surface area contributed by atoms with Crippen LogP contribution in [0.15, 0.2) is 108 Å². The molecule has 0 aromatic heterocycles. The second-order valence-corrected chi connectivity index (χ2v) is 10.3. The lowest BCUT2D eigenvalue weighted by molar-refractivity contribution is -0.114. The van der Waals surface area contributed by atoms with Gasteiger partial charge in [0.25, 0.3) is 11.8 Å². The van der Waals surface area contributed by atoms with Crippen LogP contribution in [0, 0.1) is 0 Å². The molecular formula is C33H30N4O6S. The maximum absolute atomic E-state index is 13.5. The number of amides is 4. The van der Waals surface area contributed by atoms with Crippen LogP contribution in [-0.4, -0.2) is 43.6 Å². The van der Waals surface area contributed by atoms with Gasteiger partial charge in [-0.25, -0.2) is 0 Å². The fraction of sp³-hybridized carbons (Fsp3) is 0.0909. The summed E-state index contributed by atoms with van der Waals surface area (Å²) in [7, 11) is 3.03. The number of anilines is 2. The highest BCUT2D eigenvalue weighted by molar-refractivity contribution is 8.00. The smallest absolute Gasteiger partial charge is 0.272 e. The van der Waals surface area contributed by atoms with E-state index in [1.165, 1.54) is 44.2 Å². The zero-order valence-corrected chi connectivity index (χ0v) is 24.8. The second-order valence-electron chi connectivity index (χ2n) is 9.25. The number of ether oxygens (including phenoxy) is 2. The zero-order chi connectivity index (χ0) is 31.5. The molecule has 0 aliphatic heterocycles. The molecule has 4 aromatic rings. The molecule has 0 aliphatic carbocycles. The number of rotatable bonds is 12. The summed E-state index contributed by atoms with van der Waals surface area (Å²) >= 11 is 1.27. The highest BCUT2D eigenvalue weighted by atomic mass is 32.2. The second kappa shape index (κ2) is 15.1. The third-order valence-electron chi connectivity index (χ3n) is 6.18. The molecule has 10 nitrogen and oxygen atoms in total. The molecule has 224 valence electrons. The van der Waals surface area contributed by atoms with Crippen molar-refractivity contribution < 1.29 is 28.7 Å². The molecule has 11 heteroatoms. The number of methoxy groups -OCH3 is 2. The van der Waals surface area contributed by atoms with Gasteiger partial charge in [-0.05, 0) is 72.8 Å². The summed E-state index contributed by atoms with van der Waals surface area (Å²) in [5.41, 5.74) is 7.51. The van der Waals surface area contributed by atoms with Gasteiger partial charge in [-0.2, -0.15) is 0 Å². The van der Waals surface area contributed by atoms with Crippen molar-refractivity contribution in [3.8, 4) is 11.5 Å². The monoisotopic (exact) mass is 610 g/mol. The molecule has 0 radical (unpaired) electrons. The van der Waals surface area contributed by atoms with E-state index in [1.54, 1.807) is 78.9 Å². The fourth-order valence-electron chi connectivity index (χ4n) is 3.96. The Bertz CT molecular complexity index is 1690. The molecule has 4 rings (SSSR count). The fourth-order valence-corrected chi connectivity index (χ4v) is 4.72. The van der Waals surface area contributed by atoms with Gasteiger partial charge in [0, 0.05) is 39.0 Å². The molecule has 0 aliphatic rings. The number of carbonyl (C=O) groups excluding carboxylic acids is 4. The van der Waals surface area contributed by atoms with Crippen molar-refractivity contribution in [1.29, 1.82) is 0 Å². The van der Waals surface area contributed by atoms with Crippen LogP contribution >= 0.6 is 11.8 Å². The van der Waals surface area contributed by atoms with Crippen LogP contribution in [0.25, 0.3) is 6.08 Å². The van der Waals surface area contributed by atoms with Crippen molar-refractivity contribution >= 4 is 52.8 Å². The Morgan fingerprint density at radius 3 is 2.20 bits per heavy atom. The SMILES string of the molecule is COc1ccc(/C=C(/NC(=O)c2ccccc2)C(=O)Nc2cccc(SCC(=O)Nc3ccc(C(N)=O)cc3)c2)c(OC)c1. The van der Waals surface area contributed by atoms with Gasteiger partial charge >= 0.3 is 0 Å². The number of nitrogens with two attached hydrogens (primary N) is 1. The first-order chi connectivity index (χ1) is 21.2. The largest absolute Gasteiger partial charge is 0.497 e. The molecule has 0 fully saturated rings. The Morgan fingerprint density at radius 1 is 0.773 bits per heavy atom. The topological polar surface area (TPSA) is 149 Å². The van der Waals surface area contributed by atoms with E-state index >= 15 is 0 Å². The first-order valence-electron chi connectivity index (χ1n) is 13.3. The lowest BCUT2D eigenvalue weighted by atomic mass is 10.1. The van der Waals surface area contributed by atoms with Gasteiger partial charge in [0.05, 0.1) is 20.0 Å². The molecule has 5 N–H and O–H groups in total. The van der Waals surface area contributed by atoms with Crippen LogP contribution in [0.5, 0.6) is 11.5 Å². The summed E-state index contributed by atoms with van der Waals surface area (Å²) in [5, 5.41) is 8.30. The zero-order valence-electron chi connectivity index (χ0n) is 24.0. The Balaban J connectivity index is 1.48. The minimum absolute atomic E-state index is 0.0119. The molecule has 0 bridgehead atoms. The number of hydrogen-bond donors (Lipinski definition) is 4. The summed E-state index contributed by atoms with van der Waals surface area (Å²) in [6.45, 7) is 0. The minimum Gasteiger partial charge on any atom is -0.497 e. The first-order valence-corrected chi connectivity index (χ1v) is 14.3. The number of benzene rings is 4. The predicted molar refractivity (Wildman–Crippen MR) is 171 cm³/mol. The summed E-state index contributed by atoms with van der Waals surface area (Å²) in [5.74, 6) is -0.702. The lowest BCUT2D eigenvalue weighted by Crippen LogP contribution is -2.30. The molecule has 0 spiro atoms. The van der Waals surface area contributed by atoms with E-state index < -0.39 is 17.7 Å². The molecule has 4 aromatic carbocycles. The molecule has 44 heavy (non-hydrogen) atoms. The number of primary amides is 1. The van der Waals surface area contributed by atoms with Crippen LogP contribution in [-0.2, 0) is 9.59 Å². The molecule has 0 saturated heterocycles. The van der Waals surface area contributed by atoms with E-state index in [-0.39, 0.29) is 17.4 Å². The molecule has 0 heterocycles. The highest BCUT2D eigenvalue weighted by Crippen LogP contribution is 2.27. The van der Waals surface area contributed by atoms with E-state index in [9.17, 15) is 19.2 Å². The average Bonchev–Trinajstić information content (AvgIpc) is 3.04. The van der Waals surface area contributed by atoms with Crippen molar-refractivity contribution in [1.82, 2.24) is 5.32 Å². The van der Waals surface area contributed by atoms with Crippen molar-refractivity contribution in [2.75, 3.05) is 30.6 Å². The predicted octanol–water partition coefficient (Wildman–Crippen LogP) is 4.94. The standard InChI is InChI=1S/C33H30N4O6S/c1-42-26-16-13-23(29(19-26)43-2)17-28(37-32(40)22-7-4-3-5-8-22)33(41)36-25-9-6-10-27(18-25)44-20-30(38)35-24-14-11-21(12-15-24)31(34)39/h3-19H,20H2,1-2H3,(H2,34,39)(H,35,38)(H,36,41)(H,37,40)/b28-17+. The number of hydrogen-bond acceptors (Lipinski definition) is 7. The normalized spacial score (nSPS) is 10.8. The molecule has 0 saturated carbocycles. The van der Waals surface area contributed by atoms with E-state index in [0.29, 0.717) is 39.6 Å². The van der Waals surface area contributed by atoms with Crippen LogP contribution in [0.1, 0.15) is 26.3 Å². The Labute approximate surface area is 258 Å². The van der Waals surface area contributed by atoms with E-state index in [4.69, 9.17) is 15.2 Å². The van der Waals surface area contributed by atoms with Crippen LogP contribution in [0.2, 0.25) is 0 Å². The van der Waals surface area contributed by atoms with Crippen LogP contribution < -0.4 is 31.2 Å². The Kier molecular flexibility index (Phi) is 10.8.